The van der Waals surface area contributed by atoms with E-state index in [2.05, 4.69) is 74.6 Å². The highest BCUT2D eigenvalue weighted by atomic mass is 14.9. The van der Waals surface area contributed by atoms with Crippen molar-refractivity contribution in [2.45, 2.75) is 33.2 Å². The summed E-state index contributed by atoms with van der Waals surface area (Å²) in [4.78, 5) is 0. The third-order valence-corrected chi connectivity index (χ3v) is 3.30. The zero-order valence-corrected chi connectivity index (χ0v) is 11.4. The van der Waals surface area contributed by atoms with Gasteiger partial charge in [-0.25, -0.2) is 0 Å². The molecule has 0 bridgehead atoms. The van der Waals surface area contributed by atoms with Gasteiger partial charge in [-0.1, -0.05) is 48.9 Å². The zero-order valence-electron chi connectivity index (χ0n) is 11.4. The first-order valence-electron chi connectivity index (χ1n) is 6.61. The number of hydrogen-bond acceptors (Lipinski definition) is 1. The molecule has 2 aromatic carbocycles. The van der Waals surface area contributed by atoms with Gasteiger partial charge in [0.15, 0.2) is 0 Å². The van der Waals surface area contributed by atoms with Gasteiger partial charge in [0, 0.05) is 11.7 Å². The van der Waals surface area contributed by atoms with E-state index in [0.29, 0.717) is 6.04 Å². The summed E-state index contributed by atoms with van der Waals surface area (Å²) in [6.07, 6.45) is 1.08. The van der Waals surface area contributed by atoms with Gasteiger partial charge in [-0.15, -0.1) is 0 Å². The summed E-state index contributed by atoms with van der Waals surface area (Å²) in [5.74, 6) is 0. The maximum absolute atomic E-state index is 3.55. The number of hydrogen-bond donors (Lipinski definition) is 1. The molecule has 0 fully saturated rings. The number of nitrogens with one attached hydrogen (secondary N) is 1. The fourth-order valence-electron chi connectivity index (χ4n) is 2.07. The van der Waals surface area contributed by atoms with Crippen molar-refractivity contribution in [3.05, 3.63) is 65.2 Å². The minimum Gasteiger partial charge on any atom is -0.379 e. The molecule has 0 saturated heterocycles. The van der Waals surface area contributed by atoms with Crippen LogP contribution in [0.15, 0.2) is 48.5 Å². The topological polar surface area (TPSA) is 12.0 Å². The first-order chi connectivity index (χ1) is 8.69. The van der Waals surface area contributed by atoms with Crippen LogP contribution in [0.2, 0.25) is 0 Å². The summed E-state index contributed by atoms with van der Waals surface area (Å²) in [5.41, 5.74) is 5.19. The van der Waals surface area contributed by atoms with Crippen LogP contribution in [0.3, 0.4) is 0 Å². The van der Waals surface area contributed by atoms with Gasteiger partial charge in [-0.05, 0) is 43.5 Å². The van der Waals surface area contributed by atoms with Crippen molar-refractivity contribution in [1.29, 1.82) is 0 Å². The summed E-state index contributed by atoms with van der Waals surface area (Å²) < 4.78 is 0. The predicted octanol–water partition coefficient (Wildman–Crippen LogP) is 4.73. The fourth-order valence-corrected chi connectivity index (χ4v) is 2.07. The molecule has 0 aliphatic heterocycles. The van der Waals surface area contributed by atoms with E-state index in [-0.39, 0.29) is 0 Å². The molecule has 2 aromatic rings. The quantitative estimate of drug-likeness (QED) is 0.813. The maximum atomic E-state index is 3.55. The molecule has 1 atom stereocenters. The Bertz CT molecular complexity index is 499. The van der Waals surface area contributed by atoms with Gasteiger partial charge in [0.25, 0.3) is 0 Å². The average molecular weight is 239 g/mol. The van der Waals surface area contributed by atoms with Crippen molar-refractivity contribution in [3.8, 4) is 0 Å². The van der Waals surface area contributed by atoms with E-state index in [9.17, 15) is 0 Å². The van der Waals surface area contributed by atoms with E-state index in [1.165, 1.54) is 22.4 Å². The fraction of sp³-hybridized carbons (Fsp3) is 0.294. The van der Waals surface area contributed by atoms with Crippen molar-refractivity contribution in [2.75, 3.05) is 5.32 Å². The minimum absolute atomic E-state index is 0.331. The molecule has 1 unspecified atom stereocenters. The average Bonchev–Trinajstić information content (AvgIpc) is 2.39. The van der Waals surface area contributed by atoms with E-state index >= 15 is 0 Å². The smallest absolute Gasteiger partial charge is 0.0485 e. The molecular formula is C17H21N. The van der Waals surface area contributed by atoms with Gasteiger partial charge in [0.05, 0.1) is 0 Å². The number of aryl methyl sites for hydroxylation is 2. The lowest BCUT2D eigenvalue weighted by Gasteiger charge is -2.16. The first kappa shape index (κ1) is 12.7. The molecule has 0 aliphatic carbocycles. The lowest BCUT2D eigenvalue weighted by atomic mass is 10.1. The molecule has 0 radical (unpaired) electrons. The maximum Gasteiger partial charge on any atom is 0.0485 e. The van der Waals surface area contributed by atoms with E-state index in [1.54, 1.807) is 0 Å². The monoisotopic (exact) mass is 239 g/mol. The highest BCUT2D eigenvalue weighted by Gasteiger charge is 2.04. The van der Waals surface area contributed by atoms with Gasteiger partial charge in [-0.3, -0.25) is 0 Å². The van der Waals surface area contributed by atoms with Gasteiger partial charge in [0.2, 0.25) is 0 Å². The van der Waals surface area contributed by atoms with Crippen LogP contribution in [0.5, 0.6) is 0 Å². The Morgan fingerprint density at radius 3 is 2.44 bits per heavy atom. The number of rotatable bonds is 4. The Kier molecular flexibility index (Phi) is 4.03. The second-order valence-electron chi connectivity index (χ2n) is 4.83. The van der Waals surface area contributed by atoms with Crippen molar-refractivity contribution in [2.24, 2.45) is 0 Å². The van der Waals surface area contributed by atoms with Crippen LogP contribution in [0.1, 0.15) is 36.6 Å². The molecule has 2 rings (SSSR count). The van der Waals surface area contributed by atoms with Crippen LogP contribution >= 0.6 is 0 Å². The second kappa shape index (κ2) is 5.72. The minimum atomic E-state index is 0.331. The molecule has 1 nitrogen and oxygen atoms in total. The van der Waals surface area contributed by atoms with E-state index in [0.717, 1.165) is 6.42 Å². The summed E-state index contributed by atoms with van der Waals surface area (Å²) >= 11 is 0. The summed E-state index contributed by atoms with van der Waals surface area (Å²) in [6.45, 7) is 6.50. The van der Waals surface area contributed by atoms with Crippen LogP contribution in [0, 0.1) is 6.92 Å². The highest BCUT2D eigenvalue weighted by Crippen LogP contribution is 2.20. The Balaban J connectivity index is 2.10. The Labute approximate surface area is 110 Å². The molecular weight excluding hydrogens is 218 g/mol. The molecule has 0 aliphatic rings. The predicted molar refractivity (Wildman–Crippen MR) is 79.0 cm³/mol. The van der Waals surface area contributed by atoms with Crippen molar-refractivity contribution >= 4 is 5.69 Å². The summed E-state index contributed by atoms with van der Waals surface area (Å²) in [7, 11) is 0. The first-order valence-corrected chi connectivity index (χ1v) is 6.61. The van der Waals surface area contributed by atoms with Gasteiger partial charge < -0.3 is 5.32 Å². The number of benzene rings is 2. The molecule has 0 amide bonds. The van der Waals surface area contributed by atoms with Crippen molar-refractivity contribution < 1.29 is 0 Å². The summed E-state index contributed by atoms with van der Waals surface area (Å²) in [5, 5.41) is 3.55. The molecule has 94 valence electrons. The van der Waals surface area contributed by atoms with Crippen LogP contribution in [0.25, 0.3) is 0 Å². The Hall–Kier alpha value is -1.76. The largest absolute Gasteiger partial charge is 0.379 e. The van der Waals surface area contributed by atoms with Gasteiger partial charge in [-0.2, -0.15) is 0 Å². The number of anilines is 1. The molecule has 0 aromatic heterocycles. The van der Waals surface area contributed by atoms with Gasteiger partial charge >= 0.3 is 0 Å². The van der Waals surface area contributed by atoms with E-state index in [1.807, 2.05) is 0 Å². The Morgan fingerprint density at radius 2 is 1.78 bits per heavy atom. The zero-order chi connectivity index (χ0) is 13.0. The molecule has 0 spiro atoms. The standard InChI is InChI=1S/C17H21N/c1-4-15-6-5-7-17(12-15)18-14(3)16-10-8-13(2)9-11-16/h5-12,14,18H,4H2,1-3H3. The van der Waals surface area contributed by atoms with Crippen molar-refractivity contribution in [3.63, 3.8) is 0 Å². The van der Waals surface area contributed by atoms with E-state index < -0.39 is 0 Å². The molecule has 0 heterocycles. The van der Waals surface area contributed by atoms with Crippen LogP contribution in [-0.2, 0) is 6.42 Å². The summed E-state index contributed by atoms with van der Waals surface area (Å²) in [6, 6.07) is 17.7. The third-order valence-electron chi connectivity index (χ3n) is 3.30. The van der Waals surface area contributed by atoms with Crippen LogP contribution < -0.4 is 5.32 Å². The normalized spacial score (nSPS) is 12.2. The SMILES string of the molecule is CCc1cccc(NC(C)c2ccc(C)cc2)c1. The van der Waals surface area contributed by atoms with Crippen LogP contribution in [0.4, 0.5) is 5.69 Å². The highest BCUT2D eigenvalue weighted by molar-refractivity contribution is 5.47. The van der Waals surface area contributed by atoms with Gasteiger partial charge in [0.1, 0.15) is 0 Å². The van der Waals surface area contributed by atoms with Crippen LogP contribution in [-0.4, -0.2) is 0 Å². The van der Waals surface area contributed by atoms with E-state index in [4.69, 9.17) is 0 Å². The molecule has 1 heteroatoms. The molecule has 0 saturated carbocycles. The Morgan fingerprint density at radius 1 is 1.06 bits per heavy atom. The lowest BCUT2D eigenvalue weighted by Crippen LogP contribution is -2.06. The third kappa shape index (κ3) is 3.13. The molecule has 18 heavy (non-hydrogen) atoms. The molecule has 1 N–H and O–H groups in total. The second-order valence-corrected chi connectivity index (χ2v) is 4.83. The lowest BCUT2D eigenvalue weighted by molar-refractivity contribution is 0.883. The van der Waals surface area contributed by atoms with Crippen molar-refractivity contribution in [1.82, 2.24) is 0 Å².